The molecule has 5 nitrogen and oxygen atoms in total. The van der Waals surface area contributed by atoms with Crippen molar-refractivity contribution in [2.45, 2.75) is 19.9 Å². The molecule has 0 bridgehead atoms. The normalized spacial score (nSPS) is 11.1. The first-order valence-electron chi connectivity index (χ1n) is 8.12. The zero-order chi connectivity index (χ0) is 18.1. The smallest absolute Gasteiger partial charge is 0.221 e. The van der Waals surface area contributed by atoms with Crippen molar-refractivity contribution < 1.29 is 9.18 Å². The predicted molar refractivity (Wildman–Crippen MR) is 99.1 cm³/mol. The Labute approximate surface area is 147 Å². The molecule has 25 heavy (non-hydrogen) atoms. The molecule has 0 aliphatic rings. The molecule has 6 heteroatoms. The number of guanidine groups is 1. The number of anilines is 1. The summed E-state index contributed by atoms with van der Waals surface area (Å²) in [5, 5.41) is 9.12. The largest absolute Gasteiger partial charge is 0.356 e. The third kappa shape index (κ3) is 6.63. The molecule has 0 aromatic heterocycles. The molecule has 0 unspecified atom stereocenters. The SMILES string of the molecule is CN=C(NCCc1ccc(NC(C)=O)cc1)NCc1cccc(F)c1. The number of nitrogens with one attached hydrogen (secondary N) is 3. The molecular weight excluding hydrogens is 319 g/mol. The van der Waals surface area contributed by atoms with Crippen molar-refractivity contribution in [2.24, 2.45) is 4.99 Å². The van der Waals surface area contributed by atoms with E-state index in [0.717, 1.165) is 23.2 Å². The Morgan fingerprint density at radius 3 is 2.48 bits per heavy atom. The molecule has 2 aromatic carbocycles. The summed E-state index contributed by atoms with van der Waals surface area (Å²) in [6, 6.07) is 14.2. The van der Waals surface area contributed by atoms with Crippen LogP contribution in [0.5, 0.6) is 0 Å². The Bertz CT molecular complexity index is 728. The molecular formula is C19H23FN4O. The summed E-state index contributed by atoms with van der Waals surface area (Å²) in [5.41, 5.74) is 2.80. The Hall–Kier alpha value is -2.89. The second kappa shape index (κ2) is 9.42. The Balaban J connectivity index is 1.76. The zero-order valence-electron chi connectivity index (χ0n) is 14.5. The van der Waals surface area contributed by atoms with Crippen molar-refractivity contribution in [1.82, 2.24) is 10.6 Å². The van der Waals surface area contributed by atoms with Crippen LogP contribution in [0.15, 0.2) is 53.5 Å². The summed E-state index contributed by atoms with van der Waals surface area (Å²) in [6.45, 7) is 2.70. The van der Waals surface area contributed by atoms with E-state index in [-0.39, 0.29) is 11.7 Å². The Kier molecular flexibility index (Phi) is 6.95. The molecule has 3 N–H and O–H groups in total. The monoisotopic (exact) mass is 342 g/mol. The maximum Gasteiger partial charge on any atom is 0.221 e. The van der Waals surface area contributed by atoms with Gasteiger partial charge in [0, 0.05) is 32.7 Å². The van der Waals surface area contributed by atoms with E-state index in [0.29, 0.717) is 19.0 Å². The Morgan fingerprint density at radius 2 is 1.84 bits per heavy atom. The number of halogens is 1. The maximum atomic E-state index is 13.2. The average molecular weight is 342 g/mol. The number of rotatable bonds is 6. The van der Waals surface area contributed by atoms with Crippen LogP contribution in [0, 0.1) is 5.82 Å². The second-order valence-corrected chi connectivity index (χ2v) is 5.61. The summed E-state index contributed by atoms with van der Waals surface area (Å²) in [6.07, 6.45) is 0.820. The van der Waals surface area contributed by atoms with E-state index in [2.05, 4.69) is 20.9 Å². The van der Waals surface area contributed by atoms with Crippen molar-refractivity contribution in [1.29, 1.82) is 0 Å². The standard InChI is InChI=1S/C19H23FN4O/c1-14(25)24-18-8-6-15(7-9-18)10-11-22-19(21-2)23-13-16-4-3-5-17(20)12-16/h3-9,12H,10-11,13H2,1-2H3,(H,24,25)(H2,21,22,23). The molecule has 2 aromatic rings. The van der Waals surface area contributed by atoms with Gasteiger partial charge < -0.3 is 16.0 Å². The van der Waals surface area contributed by atoms with Crippen LogP contribution >= 0.6 is 0 Å². The van der Waals surface area contributed by atoms with E-state index in [4.69, 9.17) is 0 Å². The zero-order valence-corrected chi connectivity index (χ0v) is 14.5. The van der Waals surface area contributed by atoms with E-state index < -0.39 is 0 Å². The predicted octanol–water partition coefficient (Wildman–Crippen LogP) is 2.69. The fraction of sp³-hybridized carbons (Fsp3) is 0.263. The highest BCUT2D eigenvalue weighted by Gasteiger charge is 2.01. The maximum absolute atomic E-state index is 13.2. The molecule has 0 saturated heterocycles. The number of hydrogen-bond acceptors (Lipinski definition) is 2. The van der Waals surface area contributed by atoms with Gasteiger partial charge in [-0.3, -0.25) is 9.79 Å². The highest BCUT2D eigenvalue weighted by atomic mass is 19.1. The van der Waals surface area contributed by atoms with Crippen molar-refractivity contribution in [3.8, 4) is 0 Å². The lowest BCUT2D eigenvalue weighted by Crippen LogP contribution is -2.37. The first-order valence-corrected chi connectivity index (χ1v) is 8.12. The van der Waals surface area contributed by atoms with Crippen LogP contribution in [0.3, 0.4) is 0 Å². The number of amides is 1. The van der Waals surface area contributed by atoms with Gasteiger partial charge in [0.1, 0.15) is 5.82 Å². The third-order valence-electron chi connectivity index (χ3n) is 3.55. The molecule has 1 amide bonds. The second-order valence-electron chi connectivity index (χ2n) is 5.61. The van der Waals surface area contributed by atoms with Gasteiger partial charge in [0.15, 0.2) is 5.96 Å². The van der Waals surface area contributed by atoms with Gasteiger partial charge in [-0.15, -0.1) is 0 Å². The van der Waals surface area contributed by atoms with E-state index >= 15 is 0 Å². The van der Waals surface area contributed by atoms with Crippen LogP contribution in [0.1, 0.15) is 18.1 Å². The number of carbonyl (C=O) groups excluding carboxylic acids is 1. The number of carbonyl (C=O) groups is 1. The van der Waals surface area contributed by atoms with Gasteiger partial charge in [-0.25, -0.2) is 4.39 Å². The number of hydrogen-bond donors (Lipinski definition) is 3. The van der Waals surface area contributed by atoms with E-state index in [1.807, 2.05) is 30.3 Å². The molecule has 0 radical (unpaired) electrons. The van der Waals surface area contributed by atoms with Crippen LogP contribution in [0.2, 0.25) is 0 Å². The summed E-state index contributed by atoms with van der Waals surface area (Å²) in [5.74, 6) is 0.340. The van der Waals surface area contributed by atoms with Gasteiger partial charge in [-0.05, 0) is 41.8 Å². The summed E-state index contributed by atoms with van der Waals surface area (Å²) >= 11 is 0. The van der Waals surface area contributed by atoms with Gasteiger partial charge in [-0.1, -0.05) is 24.3 Å². The molecule has 0 fully saturated rings. The first kappa shape index (κ1) is 18.4. The Morgan fingerprint density at radius 1 is 1.08 bits per heavy atom. The summed E-state index contributed by atoms with van der Waals surface area (Å²) < 4.78 is 13.2. The van der Waals surface area contributed by atoms with Gasteiger partial charge in [0.05, 0.1) is 0 Å². The topological polar surface area (TPSA) is 65.5 Å². The van der Waals surface area contributed by atoms with Crippen molar-refractivity contribution in [2.75, 3.05) is 18.9 Å². The lowest BCUT2D eigenvalue weighted by Gasteiger charge is -2.12. The van der Waals surface area contributed by atoms with E-state index in [1.54, 1.807) is 13.1 Å². The molecule has 2 rings (SSSR count). The van der Waals surface area contributed by atoms with Crippen molar-refractivity contribution in [3.05, 3.63) is 65.5 Å². The fourth-order valence-electron chi connectivity index (χ4n) is 2.34. The highest BCUT2D eigenvalue weighted by Crippen LogP contribution is 2.09. The lowest BCUT2D eigenvalue weighted by molar-refractivity contribution is -0.114. The van der Waals surface area contributed by atoms with E-state index in [1.165, 1.54) is 19.1 Å². The van der Waals surface area contributed by atoms with Gasteiger partial charge in [-0.2, -0.15) is 0 Å². The molecule has 132 valence electrons. The minimum absolute atomic E-state index is 0.0809. The first-order chi connectivity index (χ1) is 12.1. The number of nitrogens with zero attached hydrogens (tertiary/aromatic N) is 1. The molecule has 0 aliphatic heterocycles. The molecule has 0 atom stereocenters. The number of benzene rings is 2. The lowest BCUT2D eigenvalue weighted by atomic mass is 10.1. The quantitative estimate of drug-likeness (QED) is 0.559. The van der Waals surface area contributed by atoms with Crippen LogP contribution in [0.25, 0.3) is 0 Å². The van der Waals surface area contributed by atoms with E-state index in [9.17, 15) is 9.18 Å². The van der Waals surface area contributed by atoms with Crippen molar-refractivity contribution in [3.63, 3.8) is 0 Å². The van der Waals surface area contributed by atoms with Crippen LogP contribution in [0.4, 0.5) is 10.1 Å². The molecule has 0 saturated carbocycles. The third-order valence-corrected chi connectivity index (χ3v) is 3.55. The molecule has 0 heterocycles. The fourth-order valence-corrected chi connectivity index (χ4v) is 2.34. The number of aliphatic imine (C=N–C) groups is 1. The van der Waals surface area contributed by atoms with Crippen molar-refractivity contribution >= 4 is 17.6 Å². The minimum Gasteiger partial charge on any atom is -0.356 e. The van der Waals surface area contributed by atoms with Crippen LogP contribution in [-0.4, -0.2) is 25.5 Å². The van der Waals surface area contributed by atoms with Gasteiger partial charge in [0.25, 0.3) is 0 Å². The minimum atomic E-state index is -0.245. The summed E-state index contributed by atoms with van der Waals surface area (Å²) in [4.78, 5) is 15.2. The molecule has 0 aliphatic carbocycles. The summed E-state index contributed by atoms with van der Waals surface area (Å²) in [7, 11) is 1.70. The van der Waals surface area contributed by atoms with Gasteiger partial charge >= 0.3 is 0 Å². The van der Waals surface area contributed by atoms with Gasteiger partial charge in [0.2, 0.25) is 5.91 Å². The van der Waals surface area contributed by atoms with Crippen LogP contribution < -0.4 is 16.0 Å². The highest BCUT2D eigenvalue weighted by molar-refractivity contribution is 5.88. The average Bonchev–Trinajstić information content (AvgIpc) is 2.59. The van der Waals surface area contributed by atoms with Crippen LogP contribution in [-0.2, 0) is 17.8 Å². The molecule has 0 spiro atoms.